The first-order valence-electron chi connectivity index (χ1n) is 14.1. The van der Waals surface area contributed by atoms with Crippen LogP contribution in [0, 0.1) is 11.8 Å². The highest BCUT2D eigenvalue weighted by Gasteiger charge is 2.33. The molecule has 1 fully saturated rings. The van der Waals surface area contributed by atoms with Crippen molar-refractivity contribution >= 4 is 17.6 Å². The summed E-state index contributed by atoms with van der Waals surface area (Å²) in [7, 11) is 3.25. The SMILES string of the molecule is COc1cc2c(cc1OC)/C(=N\NC(=O)c1ccccc1OC(C)=O)C(CC1CCN(Cc3ccccc3)CC1)C2. The van der Waals surface area contributed by atoms with Crippen LogP contribution in [-0.2, 0) is 17.8 Å². The summed E-state index contributed by atoms with van der Waals surface area (Å²) in [5, 5.41) is 4.68. The molecule has 214 valence electrons. The number of fused-ring (bicyclic) bond motifs is 1. The van der Waals surface area contributed by atoms with Crippen LogP contribution in [0.5, 0.6) is 17.2 Å². The standard InChI is InChI=1S/C33H37N3O5/c1-22(37)41-29-12-8-7-11-27(29)33(38)35-34-32-26(18-25-19-30(39-2)31(40-3)20-28(25)32)17-23-13-15-36(16-14-23)21-24-9-5-4-6-10-24/h4-12,19-20,23,26H,13-18,21H2,1-3H3,(H,35,38)/b34-32-. The van der Waals surface area contributed by atoms with Gasteiger partial charge in [-0.1, -0.05) is 42.5 Å². The minimum atomic E-state index is -0.489. The van der Waals surface area contributed by atoms with Crippen LogP contribution in [0.4, 0.5) is 0 Å². The zero-order valence-electron chi connectivity index (χ0n) is 23.9. The average molecular weight is 556 g/mol. The van der Waals surface area contributed by atoms with Gasteiger partial charge in [0.25, 0.3) is 5.91 Å². The number of methoxy groups -OCH3 is 2. The van der Waals surface area contributed by atoms with Gasteiger partial charge >= 0.3 is 5.97 Å². The van der Waals surface area contributed by atoms with Crippen LogP contribution in [-0.4, -0.2) is 49.8 Å². The van der Waals surface area contributed by atoms with E-state index in [-0.39, 0.29) is 17.2 Å². The summed E-state index contributed by atoms with van der Waals surface area (Å²) in [6.07, 6.45) is 4.05. The van der Waals surface area contributed by atoms with E-state index >= 15 is 0 Å². The Bertz CT molecular complexity index is 1410. The first-order valence-corrected chi connectivity index (χ1v) is 14.1. The average Bonchev–Trinajstić information content (AvgIpc) is 3.32. The molecule has 2 aliphatic rings. The van der Waals surface area contributed by atoms with Gasteiger partial charge in [0.1, 0.15) is 5.75 Å². The van der Waals surface area contributed by atoms with E-state index in [0.717, 1.165) is 62.2 Å². The van der Waals surface area contributed by atoms with Crippen LogP contribution in [0.1, 0.15) is 53.2 Å². The molecule has 3 aromatic carbocycles. The Morgan fingerprint density at radius 3 is 2.32 bits per heavy atom. The summed E-state index contributed by atoms with van der Waals surface area (Å²) in [6.45, 7) is 4.42. The lowest BCUT2D eigenvalue weighted by atomic mass is 9.85. The molecule has 41 heavy (non-hydrogen) atoms. The first kappa shape index (κ1) is 28.4. The van der Waals surface area contributed by atoms with Crippen molar-refractivity contribution in [1.29, 1.82) is 0 Å². The second-order valence-electron chi connectivity index (χ2n) is 10.7. The van der Waals surface area contributed by atoms with Gasteiger partial charge in [-0.25, -0.2) is 5.43 Å². The third-order valence-corrected chi connectivity index (χ3v) is 7.98. The molecular weight excluding hydrogens is 518 g/mol. The molecule has 1 saturated heterocycles. The predicted molar refractivity (Wildman–Crippen MR) is 158 cm³/mol. The number of piperidine rings is 1. The van der Waals surface area contributed by atoms with Gasteiger partial charge in [-0.15, -0.1) is 0 Å². The fourth-order valence-electron chi connectivity index (χ4n) is 5.95. The second-order valence-corrected chi connectivity index (χ2v) is 10.7. The highest BCUT2D eigenvalue weighted by atomic mass is 16.5. The van der Waals surface area contributed by atoms with Gasteiger partial charge in [0.15, 0.2) is 11.5 Å². The van der Waals surface area contributed by atoms with Gasteiger partial charge in [0, 0.05) is 24.9 Å². The van der Waals surface area contributed by atoms with Gasteiger partial charge in [0.05, 0.1) is 25.5 Å². The molecule has 8 heteroatoms. The van der Waals surface area contributed by atoms with E-state index in [4.69, 9.17) is 14.2 Å². The smallest absolute Gasteiger partial charge is 0.308 e. The number of nitrogens with zero attached hydrogens (tertiary/aromatic N) is 2. The van der Waals surface area contributed by atoms with E-state index < -0.39 is 11.9 Å². The van der Waals surface area contributed by atoms with E-state index in [1.54, 1.807) is 38.5 Å². The summed E-state index contributed by atoms with van der Waals surface area (Å²) in [6, 6.07) is 21.2. The molecule has 8 nitrogen and oxygen atoms in total. The fraction of sp³-hybridized carbons (Fsp3) is 0.364. The maximum Gasteiger partial charge on any atom is 0.308 e. The van der Waals surface area contributed by atoms with Gasteiger partial charge in [-0.05, 0) is 80.1 Å². The lowest BCUT2D eigenvalue weighted by molar-refractivity contribution is -0.131. The first-order chi connectivity index (χ1) is 19.9. The van der Waals surface area contributed by atoms with E-state index in [2.05, 4.69) is 45.8 Å². The Balaban J connectivity index is 1.34. The van der Waals surface area contributed by atoms with Crippen LogP contribution < -0.4 is 19.6 Å². The molecule has 0 spiro atoms. The van der Waals surface area contributed by atoms with Crippen molar-refractivity contribution in [2.45, 2.75) is 39.2 Å². The predicted octanol–water partition coefficient (Wildman–Crippen LogP) is 5.24. The third-order valence-electron chi connectivity index (χ3n) is 7.98. The number of hydrogen-bond acceptors (Lipinski definition) is 7. The number of para-hydroxylation sites is 1. The molecule has 0 aromatic heterocycles. The molecule has 1 atom stereocenters. The monoisotopic (exact) mass is 555 g/mol. The molecule has 0 radical (unpaired) electrons. The van der Waals surface area contributed by atoms with Crippen molar-refractivity contribution in [2.75, 3.05) is 27.3 Å². The van der Waals surface area contributed by atoms with Crippen molar-refractivity contribution in [1.82, 2.24) is 10.3 Å². The summed E-state index contributed by atoms with van der Waals surface area (Å²) in [5.41, 5.74) is 7.27. The number of benzene rings is 3. The van der Waals surface area contributed by atoms with Gasteiger partial charge in [-0.3, -0.25) is 14.5 Å². The number of amides is 1. The third kappa shape index (κ3) is 6.77. The Morgan fingerprint density at radius 1 is 0.927 bits per heavy atom. The number of ether oxygens (including phenoxy) is 3. The van der Waals surface area contributed by atoms with Gasteiger partial charge < -0.3 is 14.2 Å². The number of likely N-dealkylation sites (tertiary alicyclic amines) is 1. The van der Waals surface area contributed by atoms with Crippen LogP contribution in [0.3, 0.4) is 0 Å². The normalized spacial score (nSPS) is 18.1. The minimum absolute atomic E-state index is 0.150. The number of hydrogen-bond donors (Lipinski definition) is 1. The molecule has 1 amide bonds. The molecule has 1 unspecified atom stereocenters. The lowest BCUT2D eigenvalue weighted by Gasteiger charge is -2.33. The summed E-state index contributed by atoms with van der Waals surface area (Å²) in [4.78, 5) is 27.2. The maximum atomic E-state index is 13.2. The Kier molecular flexibility index (Phi) is 8.99. The summed E-state index contributed by atoms with van der Waals surface area (Å²) in [5.74, 6) is 1.30. The quantitative estimate of drug-likeness (QED) is 0.221. The highest BCUT2D eigenvalue weighted by Crippen LogP contribution is 2.40. The number of carbonyl (C=O) groups excluding carboxylic acids is 2. The Labute approximate surface area is 241 Å². The second kappa shape index (κ2) is 13.0. The van der Waals surface area contributed by atoms with E-state index in [1.807, 2.05) is 12.1 Å². The number of nitrogens with one attached hydrogen (secondary N) is 1. The Morgan fingerprint density at radius 2 is 1.61 bits per heavy atom. The molecule has 0 bridgehead atoms. The van der Waals surface area contributed by atoms with Crippen LogP contribution >= 0.6 is 0 Å². The van der Waals surface area contributed by atoms with Gasteiger partial charge in [-0.2, -0.15) is 5.10 Å². The summed E-state index contributed by atoms with van der Waals surface area (Å²) < 4.78 is 16.4. The van der Waals surface area contributed by atoms with E-state index in [9.17, 15) is 9.59 Å². The van der Waals surface area contributed by atoms with E-state index in [0.29, 0.717) is 17.4 Å². The van der Waals surface area contributed by atoms with Crippen molar-refractivity contribution in [3.05, 3.63) is 89.0 Å². The van der Waals surface area contributed by atoms with Crippen molar-refractivity contribution in [3.63, 3.8) is 0 Å². The number of rotatable bonds is 9. The molecular formula is C33H37N3O5. The summed E-state index contributed by atoms with van der Waals surface area (Å²) >= 11 is 0. The van der Waals surface area contributed by atoms with Crippen LogP contribution in [0.25, 0.3) is 0 Å². The molecule has 0 saturated carbocycles. The minimum Gasteiger partial charge on any atom is -0.493 e. The van der Waals surface area contributed by atoms with E-state index in [1.165, 1.54) is 12.5 Å². The zero-order valence-corrected chi connectivity index (χ0v) is 23.9. The van der Waals surface area contributed by atoms with Crippen molar-refractivity contribution in [2.24, 2.45) is 16.9 Å². The Hall–Kier alpha value is -4.17. The van der Waals surface area contributed by atoms with Crippen molar-refractivity contribution < 1.29 is 23.8 Å². The van der Waals surface area contributed by atoms with Crippen LogP contribution in [0.15, 0.2) is 71.8 Å². The zero-order chi connectivity index (χ0) is 28.8. The maximum absolute atomic E-state index is 13.2. The largest absolute Gasteiger partial charge is 0.493 e. The number of esters is 1. The molecule has 1 aliphatic carbocycles. The highest BCUT2D eigenvalue weighted by molar-refractivity contribution is 6.08. The van der Waals surface area contributed by atoms with Crippen LogP contribution in [0.2, 0.25) is 0 Å². The number of hydrazone groups is 1. The number of carbonyl (C=O) groups is 2. The van der Waals surface area contributed by atoms with Crippen molar-refractivity contribution in [3.8, 4) is 17.2 Å². The topological polar surface area (TPSA) is 89.5 Å². The fourth-order valence-corrected chi connectivity index (χ4v) is 5.95. The lowest BCUT2D eigenvalue weighted by Crippen LogP contribution is -2.34. The molecule has 5 rings (SSSR count). The molecule has 3 aromatic rings. The molecule has 1 N–H and O–H groups in total. The molecule has 1 aliphatic heterocycles. The molecule has 1 heterocycles. The van der Waals surface area contributed by atoms with Gasteiger partial charge in [0.2, 0.25) is 0 Å².